The Bertz CT molecular complexity index is 731. The lowest BCUT2D eigenvalue weighted by molar-refractivity contribution is 0.0689. The van der Waals surface area contributed by atoms with Crippen LogP contribution in [0.1, 0.15) is 33.5 Å². The van der Waals surface area contributed by atoms with Gasteiger partial charge < -0.3 is 19.9 Å². The molecule has 0 aliphatic carbocycles. The smallest absolute Gasteiger partial charge is 0.356 e. The summed E-state index contributed by atoms with van der Waals surface area (Å²) in [6.45, 7) is 2.62. The Morgan fingerprint density at radius 2 is 1.88 bits per heavy atom. The molecule has 2 N–H and O–H groups in total. The minimum absolute atomic E-state index is 0.0403. The first-order valence-corrected chi connectivity index (χ1v) is 7.18. The summed E-state index contributed by atoms with van der Waals surface area (Å²) in [6.07, 6.45) is 2.16. The van der Waals surface area contributed by atoms with Crippen molar-refractivity contribution >= 4 is 11.9 Å². The van der Waals surface area contributed by atoms with Gasteiger partial charge in [-0.05, 0) is 24.6 Å². The first kappa shape index (κ1) is 17.2. The van der Waals surface area contributed by atoms with Crippen LogP contribution in [0, 0.1) is 0 Å². The van der Waals surface area contributed by atoms with Gasteiger partial charge in [0.25, 0.3) is 5.91 Å². The number of nitrogens with one attached hydrogen (secondary N) is 1. The van der Waals surface area contributed by atoms with Gasteiger partial charge in [0, 0.05) is 6.54 Å². The number of carbonyl (C=O) groups excluding carboxylic acids is 1. The van der Waals surface area contributed by atoms with Gasteiger partial charge in [-0.2, -0.15) is 0 Å². The number of hydrogen-bond acceptors (Lipinski definition) is 6. The van der Waals surface area contributed by atoms with Gasteiger partial charge >= 0.3 is 5.97 Å². The Labute approximate surface area is 138 Å². The fourth-order valence-corrected chi connectivity index (χ4v) is 1.93. The molecule has 0 unspecified atom stereocenters. The summed E-state index contributed by atoms with van der Waals surface area (Å²) in [4.78, 5) is 30.2. The van der Waals surface area contributed by atoms with E-state index in [1.807, 2.05) is 6.92 Å². The molecule has 8 nitrogen and oxygen atoms in total. The average molecular weight is 331 g/mol. The third kappa shape index (κ3) is 4.19. The molecule has 0 fully saturated rings. The average Bonchev–Trinajstić information content (AvgIpc) is 2.60. The molecule has 1 heterocycles. The molecule has 2 aromatic rings. The minimum Gasteiger partial charge on any atom is -0.493 e. The van der Waals surface area contributed by atoms with Gasteiger partial charge in [0.05, 0.1) is 26.1 Å². The van der Waals surface area contributed by atoms with Crippen molar-refractivity contribution < 1.29 is 24.2 Å². The van der Waals surface area contributed by atoms with Gasteiger partial charge in [-0.3, -0.25) is 4.79 Å². The molecule has 2 rings (SSSR count). The molecule has 0 saturated carbocycles. The van der Waals surface area contributed by atoms with Gasteiger partial charge in [-0.25, -0.2) is 14.8 Å². The number of nitrogens with zero attached hydrogens (tertiary/aromatic N) is 2. The van der Waals surface area contributed by atoms with Crippen LogP contribution in [0.5, 0.6) is 11.5 Å². The second-order valence-electron chi connectivity index (χ2n) is 4.69. The second-order valence-corrected chi connectivity index (χ2v) is 4.69. The predicted molar refractivity (Wildman–Crippen MR) is 84.3 cm³/mol. The third-order valence-corrected chi connectivity index (χ3v) is 3.08. The Balaban J connectivity index is 2.03. The molecule has 1 amide bonds. The highest BCUT2D eigenvalue weighted by molar-refractivity contribution is 5.92. The van der Waals surface area contributed by atoms with Crippen molar-refractivity contribution in [2.24, 2.45) is 0 Å². The minimum atomic E-state index is -1.20. The summed E-state index contributed by atoms with van der Waals surface area (Å²) >= 11 is 0. The number of benzene rings is 1. The van der Waals surface area contributed by atoms with E-state index in [0.717, 1.165) is 18.0 Å². The zero-order valence-electron chi connectivity index (χ0n) is 13.3. The number of carboxylic acids is 1. The van der Waals surface area contributed by atoms with Crippen LogP contribution < -0.4 is 14.8 Å². The van der Waals surface area contributed by atoms with E-state index in [2.05, 4.69) is 15.3 Å². The molecular formula is C16H17N3O5. The molecule has 0 radical (unpaired) electrons. The number of ether oxygens (including phenoxy) is 2. The van der Waals surface area contributed by atoms with Crippen molar-refractivity contribution in [3.05, 3.63) is 47.5 Å². The second kappa shape index (κ2) is 7.91. The van der Waals surface area contributed by atoms with Gasteiger partial charge in [-0.1, -0.05) is 6.07 Å². The molecule has 0 saturated heterocycles. The highest BCUT2D eigenvalue weighted by Gasteiger charge is 2.11. The maximum absolute atomic E-state index is 12.0. The Morgan fingerprint density at radius 3 is 2.46 bits per heavy atom. The number of aromatic carboxylic acids is 1. The summed E-state index contributed by atoms with van der Waals surface area (Å²) in [7, 11) is 1.55. The summed E-state index contributed by atoms with van der Waals surface area (Å²) in [6, 6.07) is 5.34. The van der Waals surface area contributed by atoms with Crippen LogP contribution in [0.3, 0.4) is 0 Å². The van der Waals surface area contributed by atoms with Crippen LogP contribution in [0.25, 0.3) is 0 Å². The maximum Gasteiger partial charge on any atom is 0.356 e. The van der Waals surface area contributed by atoms with E-state index >= 15 is 0 Å². The van der Waals surface area contributed by atoms with E-state index < -0.39 is 11.9 Å². The third-order valence-electron chi connectivity index (χ3n) is 3.08. The van der Waals surface area contributed by atoms with Crippen molar-refractivity contribution in [1.82, 2.24) is 15.3 Å². The van der Waals surface area contributed by atoms with Crippen LogP contribution in [-0.2, 0) is 6.54 Å². The van der Waals surface area contributed by atoms with Crippen molar-refractivity contribution in [3.8, 4) is 11.5 Å². The molecule has 0 bridgehead atoms. The summed E-state index contributed by atoms with van der Waals surface area (Å²) in [5.74, 6) is -0.441. The fraction of sp³-hybridized carbons (Fsp3) is 0.250. The number of methoxy groups -OCH3 is 1. The monoisotopic (exact) mass is 331 g/mol. The fourth-order valence-electron chi connectivity index (χ4n) is 1.93. The van der Waals surface area contributed by atoms with Crippen LogP contribution in [0.4, 0.5) is 0 Å². The predicted octanol–water partition coefficient (Wildman–Crippen LogP) is 1.51. The Hall–Kier alpha value is -3.16. The number of amides is 1. The molecule has 0 spiro atoms. The molecular weight excluding hydrogens is 314 g/mol. The van der Waals surface area contributed by atoms with Gasteiger partial charge in [0.15, 0.2) is 17.2 Å². The van der Waals surface area contributed by atoms with Crippen LogP contribution in [-0.4, -0.2) is 40.7 Å². The highest BCUT2D eigenvalue weighted by Crippen LogP contribution is 2.27. The topological polar surface area (TPSA) is 111 Å². The normalized spacial score (nSPS) is 10.1. The molecule has 0 atom stereocenters. The number of carbonyl (C=O) groups is 2. The lowest BCUT2D eigenvalue weighted by Gasteiger charge is -2.11. The van der Waals surface area contributed by atoms with Gasteiger partial charge in [0.1, 0.15) is 5.69 Å². The number of hydrogen-bond donors (Lipinski definition) is 2. The van der Waals surface area contributed by atoms with Crippen LogP contribution in [0.2, 0.25) is 0 Å². The molecule has 1 aromatic heterocycles. The van der Waals surface area contributed by atoms with E-state index in [1.165, 1.54) is 0 Å². The summed E-state index contributed by atoms with van der Waals surface area (Å²) in [5.41, 5.74) is 0.643. The van der Waals surface area contributed by atoms with Gasteiger partial charge in [-0.15, -0.1) is 0 Å². The molecule has 24 heavy (non-hydrogen) atoms. The number of aromatic nitrogens is 2. The molecule has 0 aliphatic heterocycles. The van der Waals surface area contributed by atoms with E-state index in [0.29, 0.717) is 18.1 Å². The molecule has 8 heteroatoms. The van der Waals surface area contributed by atoms with Crippen molar-refractivity contribution in [3.63, 3.8) is 0 Å². The van der Waals surface area contributed by atoms with E-state index in [-0.39, 0.29) is 17.9 Å². The first-order chi connectivity index (χ1) is 11.5. The van der Waals surface area contributed by atoms with E-state index in [9.17, 15) is 9.59 Å². The Morgan fingerprint density at radius 1 is 1.17 bits per heavy atom. The summed E-state index contributed by atoms with van der Waals surface area (Å²) in [5, 5.41) is 11.4. The summed E-state index contributed by atoms with van der Waals surface area (Å²) < 4.78 is 10.7. The SMILES string of the molecule is CCOc1cc(CNC(=O)c2cnc(C(=O)O)cn2)ccc1OC. The zero-order chi connectivity index (χ0) is 17.5. The number of rotatable bonds is 7. The Kier molecular flexibility index (Phi) is 5.67. The quantitative estimate of drug-likeness (QED) is 0.791. The van der Waals surface area contributed by atoms with Crippen molar-refractivity contribution in [2.75, 3.05) is 13.7 Å². The zero-order valence-corrected chi connectivity index (χ0v) is 13.3. The van der Waals surface area contributed by atoms with Crippen LogP contribution in [0.15, 0.2) is 30.6 Å². The standard InChI is InChI=1S/C16H17N3O5/c1-3-24-14-6-10(4-5-13(14)23-2)7-19-15(20)11-8-18-12(9-17-11)16(21)22/h4-6,8-9H,3,7H2,1-2H3,(H,19,20)(H,21,22). The molecule has 0 aliphatic rings. The van der Waals surface area contributed by atoms with Crippen LogP contribution >= 0.6 is 0 Å². The maximum atomic E-state index is 12.0. The van der Waals surface area contributed by atoms with Gasteiger partial charge in [0.2, 0.25) is 0 Å². The largest absolute Gasteiger partial charge is 0.493 e. The van der Waals surface area contributed by atoms with E-state index in [1.54, 1.807) is 25.3 Å². The molecule has 126 valence electrons. The lowest BCUT2D eigenvalue weighted by Crippen LogP contribution is -2.24. The highest BCUT2D eigenvalue weighted by atomic mass is 16.5. The van der Waals surface area contributed by atoms with Crippen molar-refractivity contribution in [2.45, 2.75) is 13.5 Å². The van der Waals surface area contributed by atoms with E-state index in [4.69, 9.17) is 14.6 Å². The number of carboxylic acid groups (broad SMARTS) is 1. The molecule has 1 aromatic carbocycles. The first-order valence-electron chi connectivity index (χ1n) is 7.18. The lowest BCUT2D eigenvalue weighted by atomic mass is 10.2. The van der Waals surface area contributed by atoms with Crippen molar-refractivity contribution in [1.29, 1.82) is 0 Å².